The second kappa shape index (κ2) is 7.17. The van der Waals surface area contributed by atoms with Gasteiger partial charge in [0.2, 0.25) is 5.91 Å². The van der Waals surface area contributed by atoms with Crippen molar-refractivity contribution >= 4 is 11.6 Å². The SMILES string of the molecule is CC(C)Oc1ccc(NCCC(=O)NC(C)(C)C)cc1. The molecule has 0 spiro atoms. The molecular weight excluding hydrogens is 252 g/mol. The number of benzene rings is 1. The van der Waals surface area contributed by atoms with E-state index in [0.717, 1.165) is 11.4 Å². The van der Waals surface area contributed by atoms with E-state index >= 15 is 0 Å². The number of carbonyl (C=O) groups is 1. The molecule has 0 aliphatic rings. The standard InChI is InChI=1S/C16H26N2O2/c1-12(2)20-14-8-6-13(7-9-14)17-11-10-15(19)18-16(3,4)5/h6-9,12,17H,10-11H2,1-5H3,(H,18,19). The van der Waals surface area contributed by atoms with Gasteiger partial charge in [-0.1, -0.05) is 0 Å². The molecule has 1 aromatic carbocycles. The number of carbonyl (C=O) groups excluding carboxylic acids is 1. The molecule has 4 heteroatoms. The predicted molar refractivity (Wildman–Crippen MR) is 83.2 cm³/mol. The fraction of sp³-hybridized carbons (Fsp3) is 0.562. The minimum Gasteiger partial charge on any atom is -0.491 e. The fourth-order valence-electron chi connectivity index (χ4n) is 1.72. The third-order valence-corrected chi connectivity index (χ3v) is 2.42. The molecule has 0 fully saturated rings. The first-order valence-corrected chi connectivity index (χ1v) is 7.08. The van der Waals surface area contributed by atoms with Crippen LogP contribution in [0.25, 0.3) is 0 Å². The fourth-order valence-corrected chi connectivity index (χ4v) is 1.72. The number of ether oxygens (including phenoxy) is 1. The second-order valence-electron chi connectivity index (χ2n) is 6.17. The topological polar surface area (TPSA) is 50.4 Å². The summed E-state index contributed by atoms with van der Waals surface area (Å²) < 4.78 is 5.57. The van der Waals surface area contributed by atoms with Crippen molar-refractivity contribution in [2.75, 3.05) is 11.9 Å². The van der Waals surface area contributed by atoms with Crippen LogP contribution in [-0.4, -0.2) is 24.1 Å². The van der Waals surface area contributed by atoms with Gasteiger partial charge in [-0.25, -0.2) is 0 Å². The van der Waals surface area contributed by atoms with Gasteiger partial charge in [-0.05, 0) is 58.9 Å². The van der Waals surface area contributed by atoms with E-state index in [1.54, 1.807) is 0 Å². The Morgan fingerprint density at radius 3 is 2.30 bits per heavy atom. The maximum absolute atomic E-state index is 11.7. The van der Waals surface area contributed by atoms with Gasteiger partial charge in [0, 0.05) is 24.2 Å². The molecule has 0 unspecified atom stereocenters. The van der Waals surface area contributed by atoms with Crippen LogP contribution in [0.1, 0.15) is 41.0 Å². The summed E-state index contributed by atoms with van der Waals surface area (Å²) >= 11 is 0. The third kappa shape index (κ3) is 7.02. The van der Waals surface area contributed by atoms with Crippen LogP contribution in [0.5, 0.6) is 5.75 Å². The average Bonchev–Trinajstić information content (AvgIpc) is 2.28. The van der Waals surface area contributed by atoms with Crippen LogP contribution in [0, 0.1) is 0 Å². The lowest BCUT2D eigenvalue weighted by atomic mass is 10.1. The molecular formula is C16H26N2O2. The highest BCUT2D eigenvalue weighted by Gasteiger charge is 2.12. The molecule has 1 amide bonds. The van der Waals surface area contributed by atoms with E-state index in [9.17, 15) is 4.79 Å². The molecule has 0 saturated carbocycles. The Bertz CT molecular complexity index is 419. The molecule has 2 N–H and O–H groups in total. The summed E-state index contributed by atoms with van der Waals surface area (Å²) in [6, 6.07) is 7.77. The molecule has 0 saturated heterocycles. The highest BCUT2D eigenvalue weighted by atomic mass is 16.5. The molecule has 0 heterocycles. The molecule has 0 aliphatic carbocycles. The van der Waals surface area contributed by atoms with Gasteiger partial charge >= 0.3 is 0 Å². The van der Waals surface area contributed by atoms with Crippen molar-refractivity contribution in [3.05, 3.63) is 24.3 Å². The van der Waals surface area contributed by atoms with Crippen LogP contribution in [-0.2, 0) is 4.79 Å². The quantitative estimate of drug-likeness (QED) is 0.840. The monoisotopic (exact) mass is 278 g/mol. The van der Waals surface area contributed by atoms with Gasteiger partial charge in [-0.3, -0.25) is 4.79 Å². The molecule has 20 heavy (non-hydrogen) atoms. The Morgan fingerprint density at radius 1 is 1.20 bits per heavy atom. The molecule has 0 bridgehead atoms. The van der Waals surface area contributed by atoms with Crippen molar-refractivity contribution in [2.45, 2.75) is 52.7 Å². The minimum atomic E-state index is -0.174. The number of hydrogen-bond acceptors (Lipinski definition) is 3. The Morgan fingerprint density at radius 2 is 1.80 bits per heavy atom. The third-order valence-electron chi connectivity index (χ3n) is 2.42. The van der Waals surface area contributed by atoms with E-state index in [2.05, 4.69) is 10.6 Å². The molecule has 1 rings (SSSR count). The number of anilines is 1. The zero-order valence-electron chi connectivity index (χ0n) is 13.1. The molecule has 0 atom stereocenters. The van der Waals surface area contributed by atoms with E-state index in [4.69, 9.17) is 4.74 Å². The lowest BCUT2D eigenvalue weighted by Gasteiger charge is -2.20. The van der Waals surface area contributed by atoms with Crippen molar-refractivity contribution in [1.29, 1.82) is 0 Å². The minimum absolute atomic E-state index is 0.0600. The van der Waals surface area contributed by atoms with Crippen LogP contribution in [0.4, 0.5) is 5.69 Å². The number of nitrogens with one attached hydrogen (secondary N) is 2. The van der Waals surface area contributed by atoms with Crippen LogP contribution < -0.4 is 15.4 Å². The summed E-state index contributed by atoms with van der Waals surface area (Å²) in [5.41, 5.74) is 0.817. The van der Waals surface area contributed by atoms with Gasteiger partial charge in [0.25, 0.3) is 0 Å². The van der Waals surface area contributed by atoms with Crippen molar-refractivity contribution < 1.29 is 9.53 Å². The van der Waals surface area contributed by atoms with Gasteiger partial charge in [0.1, 0.15) is 5.75 Å². The summed E-state index contributed by atoms with van der Waals surface area (Å²) in [6.45, 7) is 10.6. The van der Waals surface area contributed by atoms with Crippen LogP contribution >= 0.6 is 0 Å². The summed E-state index contributed by atoms with van der Waals surface area (Å²) in [5.74, 6) is 0.917. The van der Waals surface area contributed by atoms with Gasteiger partial charge in [0.15, 0.2) is 0 Å². The average molecular weight is 278 g/mol. The van der Waals surface area contributed by atoms with Crippen LogP contribution in [0.15, 0.2) is 24.3 Å². The van der Waals surface area contributed by atoms with E-state index in [1.165, 1.54) is 0 Å². The zero-order valence-corrected chi connectivity index (χ0v) is 13.1. The maximum atomic E-state index is 11.7. The summed E-state index contributed by atoms with van der Waals surface area (Å²) in [7, 11) is 0. The van der Waals surface area contributed by atoms with E-state index in [0.29, 0.717) is 13.0 Å². The van der Waals surface area contributed by atoms with Crippen molar-refractivity contribution in [3.8, 4) is 5.75 Å². The summed E-state index contributed by atoms with van der Waals surface area (Å²) in [6.07, 6.45) is 0.636. The Kier molecular flexibility index (Phi) is 5.86. The van der Waals surface area contributed by atoms with Crippen LogP contribution in [0.3, 0.4) is 0 Å². The largest absolute Gasteiger partial charge is 0.491 e. The molecule has 0 aliphatic heterocycles. The van der Waals surface area contributed by atoms with Crippen LogP contribution in [0.2, 0.25) is 0 Å². The molecule has 0 radical (unpaired) electrons. The van der Waals surface area contributed by atoms with Gasteiger partial charge in [-0.15, -0.1) is 0 Å². The van der Waals surface area contributed by atoms with Crippen molar-refractivity contribution in [1.82, 2.24) is 5.32 Å². The Balaban J connectivity index is 2.33. The maximum Gasteiger partial charge on any atom is 0.222 e. The molecule has 1 aromatic rings. The number of hydrogen-bond donors (Lipinski definition) is 2. The molecule has 112 valence electrons. The van der Waals surface area contributed by atoms with Crippen molar-refractivity contribution in [3.63, 3.8) is 0 Å². The van der Waals surface area contributed by atoms with E-state index in [1.807, 2.05) is 58.9 Å². The highest BCUT2D eigenvalue weighted by Crippen LogP contribution is 2.16. The summed E-state index contributed by atoms with van der Waals surface area (Å²) in [4.78, 5) is 11.7. The number of amides is 1. The van der Waals surface area contributed by atoms with Gasteiger partial charge in [-0.2, -0.15) is 0 Å². The first kappa shape index (κ1) is 16.3. The van der Waals surface area contributed by atoms with Gasteiger partial charge in [0.05, 0.1) is 6.10 Å². The summed E-state index contributed by atoms with van der Waals surface area (Å²) in [5, 5.41) is 6.16. The van der Waals surface area contributed by atoms with Crippen molar-refractivity contribution in [2.24, 2.45) is 0 Å². The molecule has 0 aromatic heterocycles. The normalized spacial score (nSPS) is 11.3. The first-order chi connectivity index (χ1) is 9.26. The lowest BCUT2D eigenvalue weighted by molar-refractivity contribution is -0.122. The Hall–Kier alpha value is -1.71. The second-order valence-corrected chi connectivity index (χ2v) is 6.17. The Labute approximate surface area is 121 Å². The zero-order chi connectivity index (χ0) is 15.2. The van der Waals surface area contributed by atoms with Gasteiger partial charge < -0.3 is 15.4 Å². The first-order valence-electron chi connectivity index (χ1n) is 7.08. The highest BCUT2D eigenvalue weighted by molar-refractivity contribution is 5.77. The van der Waals surface area contributed by atoms with E-state index < -0.39 is 0 Å². The van der Waals surface area contributed by atoms with E-state index in [-0.39, 0.29) is 17.6 Å². The lowest BCUT2D eigenvalue weighted by Crippen LogP contribution is -2.41. The predicted octanol–water partition coefficient (Wildman–Crippen LogP) is 3.19. The number of rotatable bonds is 6. The molecule has 4 nitrogen and oxygen atoms in total. The smallest absolute Gasteiger partial charge is 0.222 e.